The molecule has 132 valence electrons. The molecule has 0 aromatic heterocycles. The number of hydrogen-bond acceptors (Lipinski definition) is 5. The second-order valence-electron chi connectivity index (χ2n) is 5.61. The zero-order valence-electron chi connectivity index (χ0n) is 14.1. The third-order valence-corrected chi connectivity index (χ3v) is 3.87. The number of hydrogen-bond donors (Lipinski definition) is 2. The second kappa shape index (κ2) is 7.52. The molecule has 0 aliphatic rings. The van der Waals surface area contributed by atoms with Gasteiger partial charge in [-0.1, -0.05) is 30.3 Å². The van der Waals surface area contributed by atoms with Gasteiger partial charge in [0.1, 0.15) is 5.75 Å². The molecular formula is C19H17N3O4. The number of ether oxygens (including phenoxy) is 1. The Labute approximate surface area is 149 Å². The number of fused-ring (bicyclic) bond motifs is 1. The molecule has 0 heterocycles. The highest BCUT2D eigenvalue weighted by Crippen LogP contribution is 2.28. The fourth-order valence-corrected chi connectivity index (χ4v) is 2.58. The third kappa shape index (κ3) is 3.89. The molecule has 0 unspecified atom stereocenters. The Bertz CT molecular complexity index is 972. The molecule has 0 spiro atoms. The van der Waals surface area contributed by atoms with Gasteiger partial charge in [0.15, 0.2) is 0 Å². The number of carbonyl (C=O) groups is 1. The summed E-state index contributed by atoms with van der Waals surface area (Å²) in [5.41, 5.74) is 0.945. The van der Waals surface area contributed by atoms with Crippen molar-refractivity contribution in [1.82, 2.24) is 0 Å². The minimum Gasteiger partial charge on any atom is -0.495 e. The molecule has 0 saturated heterocycles. The first kappa shape index (κ1) is 17.2. The number of nitrogens with zero attached hydrogens (tertiary/aromatic N) is 1. The minimum atomic E-state index is -0.525. The highest BCUT2D eigenvalue weighted by atomic mass is 16.6. The average molecular weight is 351 g/mol. The lowest BCUT2D eigenvalue weighted by Gasteiger charge is -2.11. The monoisotopic (exact) mass is 351 g/mol. The number of nitrogens with one attached hydrogen (secondary N) is 2. The van der Waals surface area contributed by atoms with Gasteiger partial charge in [0, 0.05) is 17.8 Å². The number of anilines is 2. The molecule has 0 saturated carbocycles. The van der Waals surface area contributed by atoms with Crippen LogP contribution in [0.15, 0.2) is 60.7 Å². The first-order valence-corrected chi connectivity index (χ1v) is 7.92. The van der Waals surface area contributed by atoms with Crippen molar-refractivity contribution >= 4 is 33.7 Å². The van der Waals surface area contributed by atoms with Gasteiger partial charge >= 0.3 is 0 Å². The Balaban J connectivity index is 1.68. The van der Waals surface area contributed by atoms with Gasteiger partial charge in [0.05, 0.1) is 24.3 Å². The van der Waals surface area contributed by atoms with Gasteiger partial charge in [-0.15, -0.1) is 0 Å². The molecule has 0 bridgehead atoms. The van der Waals surface area contributed by atoms with Crippen LogP contribution in [0.2, 0.25) is 0 Å². The maximum atomic E-state index is 12.2. The van der Waals surface area contributed by atoms with Gasteiger partial charge in [0.25, 0.3) is 5.69 Å². The maximum absolute atomic E-state index is 12.2. The van der Waals surface area contributed by atoms with Crippen LogP contribution < -0.4 is 15.4 Å². The quantitative estimate of drug-likeness (QED) is 0.520. The number of amides is 1. The molecule has 0 aliphatic carbocycles. The SMILES string of the molecule is COc1ccc([N+](=O)[O-])cc1NC(=O)CNc1ccc2ccccc2c1. The van der Waals surface area contributed by atoms with Crippen LogP contribution in [0.25, 0.3) is 10.8 Å². The zero-order valence-corrected chi connectivity index (χ0v) is 14.1. The van der Waals surface area contributed by atoms with Crippen molar-refractivity contribution in [2.45, 2.75) is 0 Å². The van der Waals surface area contributed by atoms with Crippen molar-refractivity contribution in [2.24, 2.45) is 0 Å². The zero-order chi connectivity index (χ0) is 18.5. The molecule has 1 amide bonds. The van der Waals surface area contributed by atoms with Crippen LogP contribution in [0.1, 0.15) is 0 Å². The number of non-ortho nitro benzene ring substituents is 1. The third-order valence-electron chi connectivity index (χ3n) is 3.87. The highest BCUT2D eigenvalue weighted by Gasteiger charge is 2.13. The Morgan fingerprint density at radius 1 is 1.08 bits per heavy atom. The predicted molar refractivity (Wildman–Crippen MR) is 101 cm³/mol. The molecule has 26 heavy (non-hydrogen) atoms. The number of benzene rings is 3. The first-order chi connectivity index (χ1) is 12.6. The summed E-state index contributed by atoms with van der Waals surface area (Å²) < 4.78 is 5.13. The van der Waals surface area contributed by atoms with E-state index in [2.05, 4.69) is 10.6 Å². The van der Waals surface area contributed by atoms with Gasteiger partial charge in [-0.05, 0) is 29.0 Å². The van der Waals surface area contributed by atoms with Crippen LogP contribution in [0.3, 0.4) is 0 Å². The second-order valence-corrected chi connectivity index (χ2v) is 5.61. The van der Waals surface area contributed by atoms with Crippen LogP contribution in [-0.4, -0.2) is 24.5 Å². The fraction of sp³-hybridized carbons (Fsp3) is 0.105. The normalized spacial score (nSPS) is 10.3. The minimum absolute atomic E-state index is 0.0180. The molecule has 7 heteroatoms. The Kier molecular flexibility index (Phi) is 4.98. The van der Waals surface area contributed by atoms with Gasteiger partial charge in [-0.2, -0.15) is 0 Å². The van der Waals surface area contributed by atoms with Crippen LogP contribution in [0, 0.1) is 10.1 Å². The molecule has 3 aromatic carbocycles. The molecule has 0 atom stereocenters. The van der Waals surface area contributed by atoms with E-state index in [9.17, 15) is 14.9 Å². The number of nitro benzene ring substituents is 1. The molecule has 3 rings (SSSR count). The molecule has 3 aromatic rings. The van der Waals surface area contributed by atoms with E-state index >= 15 is 0 Å². The fourth-order valence-electron chi connectivity index (χ4n) is 2.58. The van der Waals surface area contributed by atoms with Crippen molar-refractivity contribution in [3.63, 3.8) is 0 Å². The van der Waals surface area contributed by atoms with E-state index in [1.165, 1.54) is 25.3 Å². The van der Waals surface area contributed by atoms with Crippen LogP contribution in [-0.2, 0) is 4.79 Å². The number of rotatable bonds is 6. The Morgan fingerprint density at radius 3 is 2.58 bits per heavy atom. The predicted octanol–water partition coefficient (Wildman–Crippen LogP) is 3.81. The molecule has 0 aliphatic heterocycles. The number of nitro groups is 1. The molecular weight excluding hydrogens is 334 g/mol. The lowest BCUT2D eigenvalue weighted by molar-refractivity contribution is -0.384. The van der Waals surface area contributed by atoms with Crippen molar-refractivity contribution in [2.75, 3.05) is 24.3 Å². The summed E-state index contributed by atoms with van der Waals surface area (Å²) in [6.07, 6.45) is 0. The van der Waals surface area contributed by atoms with E-state index in [4.69, 9.17) is 4.74 Å². The first-order valence-electron chi connectivity index (χ1n) is 7.92. The van der Waals surface area contributed by atoms with E-state index in [0.29, 0.717) is 5.75 Å². The van der Waals surface area contributed by atoms with Gasteiger partial charge in [-0.3, -0.25) is 14.9 Å². The average Bonchev–Trinajstić information content (AvgIpc) is 2.66. The maximum Gasteiger partial charge on any atom is 0.271 e. The Morgan fingerprint density at radius 2 is 1.85 bits per heavy atom. The lowest BCUT2D eigenvalue weighted by atomic mass is 10.1. The van der Waals surface area contributed by atoms with Gasteiger partial charge < -0.3 is 15.4 Å². The van der Waals surface area contributed by atoms with E-state index < -0.39 is 4.92 Å². The van der Waals surface area contributed by atoms with Gasteiger partial charge in [0.2, 0.25) is 5.91 Å². The van der Waals surface area contributed by atoms with Crippen LogP contribution in [0.4, 0.5) is 17.1 Å². The lowest BCUT2D eigenvalue weighted by Crippen LogP contribution is -2.22. The molecule has 2 N–H and O–H groups in total. The van der Waals surface area contributed by atoms with Crippen LogP contribution in [0.5, 0.6) is 5.75 Å². The molecule has 0 fully saturated rings. The van der Waals surface area contributed by atoms with Crippen molar-refractivity contribution in [3.8, 4) is 5.75 Å². The van der Waals surface area contributed by atoms with Crippen molar-refractivity contribution < 1.29 is 14.5 Å². The summed E-state index contributed by atoms with van der Waals surface area (Å²) in [4.78, 5) is 22.6. The van der Waals surface area contributed by atoms with Crippen LogP contribution >= 0.6 is 0 Å². The summed E-state index contributed by atoms with van der Waals surface area (Å²) in [5.74, 6) is 0.0200. The van der Waals surface area contributed by atoms with E-state index in [-0.39, 0.29) is 23.8 Å². The Hall–Kier alpha value is -3.61. The summed E-state index contributed by atoms with van der Waals surface area (Å²) in [7, 11) is 1.43. The summed E-state index contributed by atoms with van der Waals surface area (Å²) in [5, 5.41) is 18.8. The van der Waals surface area contributed by atoms with Gasteiger partial charge in [-0.25, -0.2) is 0 Å². The van der Waals surface area contributed by atoms with E-state index in [1.807, 2.05) is 42.5 Å². The van der Waals surface area contributed by atoms with Crippen molar-refractivity contribution in [3.05, 3.63) is 70.8 Å². The largest absolute Gasteiger partial charge is 0.495 e. The number of methoxy groups -OCH3 is 1. The topological polar surface area (TPSA) is 93.5 Å². The summed E-state index contributed by atoms with van der Waals surface area (Å²) >= 11 is 0. The van der Waals surface area contributed by atoms with E-state index in [1.54, 1.807) is 0 Å². The summed E-state index contributed by atoms with van der Waals surface area (Å²) in [6, 6.07) is 17.8. The standard InChI is InChI=1S/C19H17N3O4/c1-26-18-9-8-16(22(24)25)11-17(18)21-19(23)12-20-15-7-6-13-4-2-3-5-14(13)10-15/h2-11,20H,12H2,1H3,(H,21,23). The highest BCUT2D eigenvalue weighted by molar-refractivity contribution is 5.96. The molecule has 7 nitrogen and oxygen atoms in total. The number of carbonyl (C=O) groups excluding carboxylic acids is 1. The van der Waals surface area contributed by atoms with Crippen molar-refractivity contribution in [1.29, 1.82) is 0 Å². The smallest absolute Gasteiger partial charge is 0.271 e. The summed E-state index contributed by atoms with van der Waals surface area (Å²) in [6.45, 7) is 0.0180. The van der Waals surface area contributed by atoms with E-state index in [0.717, 1.165) is 16.5 Å². The molecule has 0 radical (unpaired) electrons.